The number of aromatic nitrogens is 1. The summed E-state index contributed by atoms with van der Waals surface area (Å²) in [4.78, 5) is 51.0. The van der Waals surface area contributed by atoms with Gasteiger partial charge in [0.2, 0.25) is 11.3 Å². The average Bonchev–Trinajstić information content (AvgIpc) is 2.92. The molecular weight excluding hydrogens is 554 g/mol. The fraction of sp³-hybridized carbons (Fsp3) is 0.143. The van der Waals surface area contributed by atoms with Gasteiger partial charge in [-0.25, -0.2) is 0 Å². The van der Waals surface area contributed by atoms with Gasteiger partial charge >= 0.3 is 15.2 Å². The molecule has 0 spiro atoms. The molecule has 6 N–H and O–H groups in total. The summed E-state index contributed by atoms with van der Waals surface area (Å²) in [6.07, 6.45) is 7.89. The van der Waals surface area contributed by atoms with Crippen molar-refractivity contribution in [3.8, 4) is 0 Å². The van der Waals surface area contributed by atoms with Crippen molar-refractivity contribution in [1.29, 1.82) is 0 Å². The maximum atomic E-state index is 13.1. The minimum absolute atomic E-state index is 0.122. The number of pyridine rings is 1. The summed E-state index contributed by atoms with van der Waals surface area (Å²) in [6, 6.07) is 16.4. The van der Waals surface area contributed by atoms with Crippen molar-refractivity contribution in [2.45, 2.75) is 6.54 Å². The molecule has 10 nitrogen and oxygen atoms in total. The monoisotopic (exact) mass is 582 g/mol. The first-order valence-corrected chi connectivity index (χ1v) is 16.1. The van der Waals surface area contributed by atoms with Gasteiger partial charge in [-0.15, -0.1) is 0 Å². The van der Waals surface area contributed by atoms with Gasteiger partial charge in [0.05, 0.1) is 35.4 Å². The zero-order chi connectivity index (χ0) is 28.7. The molecule has 2 heterocycles. The third-order valence-corrected chi connectivity index (χ3v) is 8.50. The fourth-order valence-electron chi connectivity index (χ4n) is 4.88. The minimum atomic E-state index is -4.17. The predicted octanol–water partition coefficient (Wildman–Crippen LogP) is 2.39. The molecule has 0 amide bonds. The van der Waals surface area contributed by atoms with E-state index in [2.05, 4.69) is 0 Å². The van der Waals surface area contributed by atoms with Gasteiger partial charge in [-0.3, -0.25) is 18.8 Å². The largest absolute Gasteiger partial charge is 0.506 e. The number of hydrogen-bond donors (Lipinski definition) is 6. The van der Waals surface area contributed by atoms with Crippen molar-refractivity contribution in [3.63, 3.8) is 0 Å². The summed E-state index contributed by atoms with van der Waals surface area (Å²) in [5.41, 5.74) is 4.04. The number of para-hydroxylation sites is 2. The average molecular weight is 582 g/mol. The van der Waals surface area contributed by atoms with Gasteiger partial charge in [0, 0.05) is 23.8 Å². The molecule has 0 radical (unpaired) electrons. The van der Waals surface area contributed by atoms with Gasteiger partial charge in [0.25, 0.3) is 0 Å². The molecule has 1 aliphatic carbocycles. The number of hydrogen-bond acceptors (Lipinski definition) is 4. The molecule has 2 aromatic carbocycles. The molecule has 5 rings (SSSR count). The standard InChI is InChI=1S/C28H26N2O8P2/c31-27-23(17-19-9-11-29(13-15-39(33,34)35)25-7-3-1-5-21(19)25)28(32)24(27)18-20-10-12-30(14-16-40(36,37)38)26-8-4-2-6-22(20)26/h1-12,17-18H,13-16H2,(H4-,31,32,33,34,35,36,37,38)/p+2. The van der Waals surface area contributed by atoms with Crippen molar-refractivity contribution in [1.82, 2.24) is 0 Å². The number of nitrogens with zero attached hydrogens (tertiary/aromatic N) is 1. The van der Waals surface area contributed by atoms with E-state index in [1.807, 2.05) is 48.5 Å². The molecule has 0 fully saturated rings. The Morgan fingerprint density at radius 1 is 0.875 bits per heavy atom. The number of Topliss-reactive ketones (excluding diaryl/α,β-unsaturated/α-hetero) is 1. The number of ketones is 1. The summed E-state index contributed by atoms with van der Waals surface area (Å²) >= 11 is 0. The van der Waals surface area contributed by atoms with E-state index in [4.69, 9.17) is 0 Å². The third kappa shape index (κ3) is 5.99. The van der Waals surface area contributed by atoms with Crippen molar-refractivity contribution in [2.24, 2.45) is 0 Å². The quantitative estimate of drug-likeness (QED) is 0.134. The lowest BCUT2D eigenvalue weighted by Crippen LogP contribution is -3.03. The molecule has 206 valence electrons. The second kappa shape index (κ2) is 10.8. The van der Waals surface area contributed by atoms with E-state index in [0.717, 1.165) is 27.1 Å². The van der Waals surface area contributed by atoms with Crippen molar-refractivity contribution >= 4 is 49.2 Å². The molecular formula is C28H28N2O8P2+2. The molecule has 0 saturated carbocycles. The van der Waals surface area contributed by atoms with Crippen LogP contribution in [-0.2, 0) is 20.5 Å². The normalized spacial score (nSPS) is 19.4. The summed E-state index contributed by atoms with van der Waals surface area (Å²) in [6.45, 7) is 0.325. The number of fused-ring (bicyclic) bond motifs is 2. The number of allylic oxidation sites excluding steroid dienone is 5. The summed E-state index contributed by atoms with van der Waals surface area (Å²) < 4.78 is 24.5. The van der Waals surface area contributed by atoms with Crippen molar-refractivity contribution in [2.75, 3.05) is 18.9 Å². The van der Waals surface area contributed by atoms with Crippen LogP contribution in [0.3, 0.4) is 0 Å². The molecule has 40 heavy (non-hydrogen) atoms. The van der Waals surface area contributed by atoms with E-state index in [0.29, 0.717) is 11.1 Å². The molecule has 2 aliphatic rings. The maximum absolute atomic E-state index is 13.1. The SMILES string of the molecule is O=C1C(=Cc2cc[n+](CCP(=O)(O)O)c3ccccc23)C(O)=C1C=C1C=C[NH+](CCP(=O)(O)O)c2ccccc21. The molecule has 12 heteroatoms. The zero-order valence-electron chi connectivity index (χ0n) is 21.2. The minimum Gasteiger partial charge on any atom is -0.506 e. The van der Waals surface area contributed by atoms with Crippen LogP contribution in [0, 0.1) is 0 Å². The van der Waals surface area contributed by atoms with E-state index in [1.165, 1.54) is 0 Å². The Hall–Kier alpha value is -3.46. The Morgan fingerprint density at radius 3 is 2.30 bits per heavy atom. The van der Waals surface area contributed by atoms with Gasteiger partial charge in [-0.05, 0) is 41.5 Å². The molecule has 1 unspecified atom stereocenters. The molecule has 1 atom stereocenters. The van der Waals surface area contributed by atoms with Crippen LogP contribution in [0.1, 0.15) is 11.1 Å². The number of carbonyl (C=O) groups is 1. The van der Waals surface area contributed by atoms with Crippen molar-refractivity contribution in [3.05, 3.63) is 107 Å². The summed E-state index contributed by atoms with van der Waals surface area (Å²) in [7, 11) is -8.32. The number of rotatable bonds is 8. The van der Waals surface area contributed by atoms with Crippen LogP contribution >= 0.6 is 15.2 Å². The highest BCUT2D eigenvalue weighted by Crippen LogP contribution is 2.37. The Morgan fingerprint density at radius 2 is 1.57 bits per heavy atom. The fourth-order valence-corrected chi connectivity index (χ4v) is 5.89. The number of aliphatic hydroxyl groups excluding tert-OH is 1. The Kier molecular flexibility index (Phi) is 7.61. The van der Waals surface area contributed by atoms with E-state index in [-0.39, 0.29) is 48.1 Å². The van der Waals surface area contributed by atoms with E-state index < -0.39 is 15.2 Å². The molecule has 1 aromatic heterocycles. The van der Waals surface area contributed by atoms with Crippen LogP contribution in [0.5, 0.6) is 0 Å². The molecule has 3 aromatic rings. The smallest absolute Gasteiger partial charge is 0.331 e. The van der Waals surface area contributed by atoms with Gasteiger partial charge in [0.15, 0.2) is 12.7 Å². The van der Waals surface area contributed by atoms with Crippen LogP contribution in [0.2, 0.25) is 0 Å². The maximum Gasteiger partial charge on any atom is 0.331 e. The number of aliphatic hydroxyl groups is 1. The number of quaternary nitrogens is 1. The van der Waals surface area contributed by atoms with Crippen LogP contribution in [0.15, 0.2) is 96.1 Å². The van der Waals surface area contributed by atoms with Crippen LogP contribution in [0.25, 0.3) is 22.6 Å². The highest BCUT2D eigenvalue weighted by Gasteiger charge is 2.34. The van der Waals surface area contributed by atoms with Gasteiger partial charge in [-0.1, -0.05) is 24.3 Å². The topological polar surface area (TPSA) is 161 Å². The lowest BCUT2D eigenvalue weighted by atomic mass is 9.84. The van der Waals surface area contributed by atoms with Gasteiger partial charge in [-0.2, -0.15) is 4.57 Å². The van der Waals surface area contributed by atoms with Gasteiger partial charge < -0.3 is 24.7 Å². The number of carbonyl (C=O) groups excluding carboxylic acids is 1. The zero-order valence-corrected chi connectivity index (χ0v) is 23.0. The van der Waals surface area contributed by atoms with Crippen LogP contribution < -0.4 is 9.47 Å². The Balaban J connectivity index is 1.45. The molecule has 0 saturated heterocycles. The summed E-state index contributed by atoms with van der Waals surface area (Å²) in [5.74, 6) is -0.462. The first-order chi connectivity index (χ1) is 18.9. The van der Waals surface area contributed by atoms with E-state index in [1.54, 1.807) is 41.3 Å². The third-order valence-electron chi connectivity index (χ3n) is 6.91. The van der Waals surface area contributed by atoms with E-state index >= 15 is 0 Å². The first kappa shape index (κ1) is 28.1. The number of nitrogens with one attached hydrogen (secondary N) is 1. The lowest BCUT2D eigenvalue weighted by Gasteiger charge is -2.24. The second-order valence-corrected chi connectivity index (χ2v) is 13.2. The second-order valence-electron chi connectivity index (χ2n) is 9.66. The highest BCUT2D eigenvalue weighted by atomic mass is 31.2. The highest BCUT2D eigenvalue weighted by molar-refractivity contribution is 7.52. The van der Waals surface area contributed by atoms with Crippen molar-refractivity contribution < 1.29 is 48.1 Å². The first-order valence-electron chi connectivity index (χ1n) is 12.5. The Bertz CT molecular complexity index is 1750. The molecule has 1 aliphatic heterocycles. The lowest BCUT2D eigenvalue weighted by molar-refractivity contribution is -0.772. The van der Waals surface area contributed by atoms with E-state index in [9.17, 15) is 38.6 Å². The Labute approximate surface area is 229 Å². The van der Waals surface area contributed by atoms with Crippen LogP contribution in [0.4, 0.5) is 5.69 Å². The molecule has 0 bridgehead atoms. The van der Waals surface area contributed by atoms with Gasteiger partial charge in [0.1, 0.15) is 17.6 Å². The van der Waals surface area contributed by atoms with Crippen LogP contribution in [-0.4, -0.2) is 49.3 Å². The summed E-state index contributed by atoms with van der Waals surface area (Å²) in [5, 5.41) is 11.6. The predicted molar refractivity (Wildman–Crippen MR) is 150 cm³/mol. The number of aryl methyl sites for hydroxylation is 1. The number of benzene rings is 2.